The highest BCUT2D eigenvalue weighted by atomic mass is 16.2. The van der Waals surface area contributed by atoms with Gasteiger partial charge in [-0.25, -0.2) is 0 Å². The van der Waals surface area contributed by atoms with Gasteiger partial charge in [-0.1, -0.05) is 31.8 Å². The summed E-state index contributed by atoms with van der Waals surface area (Å²) in [6.45, 7) is 5.25. The van der Waals surface area contributed by atoms with Gasteiger partial charge in [0.15, 0.2) is 0 Å². The molecule has 0 radical (unpaired) electrons. The minimum absolute atomic E-state index is 0.0279. The molecule has 0 heterocycles. The van der Waals surface area contributed by atoms with Crippen LogP contribution in [-0.4, -0.2) is 30.9 Å². The van der Waals surface area contributed by atoms with Crippen molar-refractivity contribution in [2.45, 2.75) is 13.8 Å². The molecule has 0 aliphatic rings. The van der Waals surface area contributed by atoms with Gasteiger partial charge in [-0.3, -0.25) is 4.79 Å². The zero-order chi connectivity index (χ0) is 13.5. The zero-order valence-electron chi connectivity index (χ0n) is 11.2. The minimum atomic E-state index is 0.0279. The van der Waals surface area contributed by atoms with Crippen molar-refractivity contribution in [3.05, 3.63) is 35.4 Å². The summed E-state index contributed by atoms with van der Waals surface area (Å²) in [6, 6.07) is 7.34. The van der Waals surface area contributed by atoms with Crippen LogP contribution in [0.2, 0.25) is 0 Å². The third-order valence-corrected chi connectivity index (χ3v) is 2.43. The highest BCUT2D eigenvalue weighted by Crippen LogP contribution is 2.08. The van der Waals surface area contributed by atoms with Gasteiger partial charge in [0.2, 0.25) is 0 Å². The first-order chi connectivity index (χ1) is 8.54. The Kier molecular flexibility index (Phi) is 5.41. The topological polar surface area (TPSA) is 46.3 Å². The summed E-state index contributed by atoms with van der Waals surface area (Å²) in [5, 5.41) is 0. The average Bonchev–Trinajstić information content (AvgIpc) is 2.35. The van der Waals surface area contributed by atoms with Crippen molar-refractivity contribution < 1.29 is 4.79 Å². The molecule has 0 saturated heterocycles. The highest BCUT2D eigenvalue weighted by Gasteiger charge is 2.12. The Labute approximate surface area is 109 Å². The molecule has 1 rings (SSSR count). The van der Waals surface area contributed by atoms with Gasteiger partial charge in [-0.15, -0.1) is 0 Å². The lowest BCUT2D eigenvalue weighted by Gasteiger charge is -2.19. The quantitative estimate of drug-likeness (QED) is 0.823. The number of carbonyl (C=O) groups excluding carboxylic acids is 1. The maximum Gasteiger partial charge on any atom is 0.253 e. The molecule has 18 heavy (non-hydrogen) atoms. The molecule has 1 aromatic carbocycles. The van der Waals surface area contributed by atoms with E-state index >= 15 is 0 Å². The number of amides is 1. The molecule has 3 heteroatoms. The lowest BCUT2D eigenvalue weighted by atomic mass is 10.1. The van der Waals surface area contributed by atoms with Crippen LogP contribution in [0.25, 0.3) is 0 Å². The van der Waals surface area contributed by atoms with E-state index < -0.39 is 0 Å². The molecule has 2 N–H and O–H groups in total. The Hall–Kier alpha value is -1.79. The number of hydrogen-bond acceptors (Lipinski definition) is 2. The zero-order valence-corrected chi connectivity index (χ0v) is 11.2. The van der Waals surface area contributed by atoms with E-state index in [2.05, 4.69) is 25.7 Å². The summed E-state index contributed by atoms with van der Waals surface area (Å²) in [5.41, 5.74) is 6.82. The first-order valence-corrected chi connectivity index (χ1v) is 6.09. The van der Waals surface area contributed by atoms with Gasteiger partial charge in [0.1, 0.15) is 0 Å². The van der Waals surface area contributed by atoms with Gasteiger partial charge in [-0.2, -0.15) is 0 Å². The average molecular weight is 244 g/mol. The summed E-state index contributed by atoms with van der Waals surface area (Å²) in [4.78, 5) is 13.9. The van der Waals surface area contributed by atoms with Gasteiger partial charge in [0.05, 0.1) is 6.54 Å². The summed E-state index contributed by atoms with van der Waals surface area (Å²) >= 11 is 0. The van der Waals surface area contributed by atoms with Crippen LogP contribution in [0, 0.1) is 17.8 Å². The number of nitrogens with two attached hydrogens (primary N) is 1. The summed E-state index contributed by atoms with van der Waals surface area (Å²) in [5.74, 6) is 6.20. The molecule has 0 unspecified atom stereocenters. The Morgan fingerprint density at radius 3 is 2.78 bits per heavy atom. The predicted octanol–water partition coefficient (Wildman–Crippen LogP) is 1.72. The molecule has 0 bridgehead atoms. The maximum atomic E-state index is 12.2. The van der Waals surface area contributed by atoms with E-state index in [1.165, 1.54) is 0 Å². The van der Waals surface area contributed by atoms with Crippen LogP contribution < -0.4 is 5.73 Å². The number of benzene rings is 1. The first-order valence-electron chi connectivity index (χ1n) is 6.09. The largest absolute Gasteiger partial charge is 0.341 e. The van der Waals surface area contributed by atoms with Crippen LogP contribution >= 0.6 is 0 Å². The monoisotopic (exact) mass is 244 g/mol. The van der Waals surface area contributed by atoms with E-state index in [1.807, 2.05) is 31.3 Å². The normalized spacial score (nSPS) is 9.83. The van der Waals surface area contributed by atoms with Crippen LogP contribution in [0.1, 0.15) is 29.8 Å². The van der Waals surface area contributed by atoms with E-state index in [9.17, 15) is 4.79 Å². The molecule has 0 aliphatic heterocycles. The molecule has 3 nitrogen and oxygen atoms in total. The highest BCUT2D eigenvalue weighted by molar-refractivity contribution is 5.94. The van der Waals surface area contributed by atoms with Gasteiger partial charge in [0.25, 0.3) is 5.91 Å². The fraction of sp³-hybridized carbons (Fsp3) is 0.400. The molecule has 0 fully saturated rings. The van der Waals surface area contributed by atoms with E-state index in [1.54, 1.807) is 4.90 Å². The van der Waals surface area contributed by atoms with Crippen molar-refractivity contribution in [1.29, 1.82) is 0 Å². The van der Waals surface area contributed by atoms with E-state index in [-0.39, 0.29) is 5.91 Å². The molecule has 0 spiro atoms. The van der Waals surface area contributed by atoms with Gasteiger partial charge in [0, 0.05) is 24.7 Å². The SMILES string of the molecule is CC(C)CN(C)C(=O)c1cccc(C#CCN)c1. The fourth-order valence-electron chi connectivity index (χ4n) is 1.73. The number of nitrogens with zero attached hydrogens (tertiary/aromatic N) is 1. The Morgan fingerprint density at radius 1 is 1.44 bits per heavy atom. The second-order valence-corrected chi connectivity index (χ2v) is 4.67. The lowest BCUT2D eigenvalue weighted by Crippen LogP contribution is -2.30. The molecule has 96 valence electrons. The number of hydrogen-bond donors (Lipinski definition) is 1. The van der Waals surface area contributed by atoms with Crippen molar-refractivity contribution in [2.24, 2.45) is 11.7 Å². The van der Waals surface area contributed by atoms with Gasteiger partial charge >= 0.3 is 0 Å². The molecule has 0 atom stereocenters. The van der Waals surface area contributed by atoms with E-state index in [0.29, 0.717) is 18.0 Å². The molecule has 0 saturated carbocycles. The predicted molar refractivity (Wildman–Crippen MR) is 74.2 cm³/mol. The van der Waals surface area contributed by atoms with Crippen molar-refractivity contribution in [3.63, 3.8) is 0 Å². The first kappa shape index (κ1) is 14.3. The fourth-order valence-corrected chi connectivity index (χ4v) is 1.73. The van der Waals surface area contributed by atoms with Crippen molar-refractivity contribution >= 4 is 5.91 Å². The smallest absolute Gasteiger partial charge is 0.253 e. The number of carbonyl (C=O) groups is 1. The van der Waals surface area contributed by atoms with Crippen molar-refractivity contribution in [3.8, 4) is 11.8 Å². The Morgan fingerprint density at radius 2 is 2.17 bits per heavy atom. The van der Waals surface area contributed by atoms with Crippen LogP contribution in [0.4, 0.5) is 0 Å². The summed E-state index contributed by atoms with van der Waals surface area (Å²) < 4.78 is 0. The molecule has 0 aromatic heterocycles. The summed E-state index contributed by atoms with van der Waals surface area (Å²) in [6.07, 6.45) is 0. The maximum absolute atomic E-state index is 12.2. The third kappa shape index (κ3) is 4.23. The lowest BCUT2D eigenvalue weighted by molar-refractivity contribution is 0.0779. The van der Waals surface area contributed by atoms with Crippen molar-refractivity contribution in [2.75, 3.05) is 20.1 Å². The minimum Gasteiger partial charge on any atom is -0.341 e. The second kappa shape index (κ2) is 6.83. The molecular weight excluding hydrogens is 224 g/mol. The Bertz CT molecular complexity index is 469. The van der Waals surface area contributed by atoms with Crippen LogP contribution in [-0.2, 0) is 0 Å². The van der Waals surface area contributed by atoms with Crippen LogP contribution in [0.3, 0.4) is 0 Å². The van der Waals surface area contributed by atoms with Gasteiger partial charge in [-0.05, 0) is 24.1 Å². The van der Waals surface area contributed by atoms with E-state index in [4.69, 9.17) is 5.73 Å². The van der Waals surface area contributed by atoms with Crippen LogP contribution in [0.5, 0.6) is 0 Å². The molecular formula is C15H20N2O. The van der Waals surface area contributed by atoms with Gasteiger partial charge < -0.3 is 10.6 Å². The second-order valence-electron chi connectivity index (χ2n) is 4.67. The molecule has 0 aliphatic carbocycles. The van der Waals surface area contributed by atoms with Crippen LogP contribution in [0.15, 0.2) is 24.3 Å². The molecule has 1 aromatic rings. The Balaban J connectivity index is 2.86. The molecule has 1 amide bonds. The standard InChI is InChI=1S/C15H20N2O/c1-12(2)11-17(3)15(18)14-8-4-6-13(10-14)7-5-9-16/h4,6,8,10,12H,9,11,16H2,1-3H3. The van der Waals surface area contributed by atoms with Crippen molar-refractivity contribution in [1.82, 2.24) is 4.90 Å². The number of rotatable bonds is 3. The van der Waals surface area contributed by atoms with E-state index in [0.717, 1.165) is 12.1 Å². The third-order valence-electron chi connectivity index (χ3n) is 2.43. The summed E-state index contributed by atoms with van der Waals surface area (Å²) in [7, 11) is 1.82.